The SMILES string of the molecule is C=CCCC1CCC(C=CC)CC1. The summed E-state index contributed by atoms with van der Waals surface area (Å²) >= 11 is 0. The smallest absolute Gasteiger partial charge is 0.0233 e. The van der Waals surface area contributed by atoms with E-state index >= 15 is 0 Å². The summed E-state index contributed by atoms with van der Waals surface area (Å²) in [4.78, 5) is 0. The van der Waals surface area contributed by atoms with Gasteiger partial charge >= 0.3 is 0 Å². The molecule has 0 heterocycles. The monoisotopic (exact) mass is 178 g/mol. The van der Waals surface area contributed by atoms with Gasteiger partial charge in [0.15, 0.2) is 0 Å². The van der Waals surface area contributed by atoms with Crippen molar-refractivity contribution < 1.29 is 0 Å². The van der Waals surface area contributed by atoms with Crippen LogP contribution in [0.2, 0.25) is 0 Å². The predicted octanol–water partition coefficient (Wildman–Crippen LogP) is 4.34. The van der Waals surface area contributed by atoms with Crippen molar-refractivity contribution in [2.45, 2.75) is 45.4 Å². The molecule has 1 saturated carbocycles. The summed E-state index contributed by atoms with van der Waals surface area (Å²) in [6.45, 7) is 5.91. The molecule has 0 radical (unpaired) electrons. The van der Waals surface area contributed by atoms with Crippen molar-refractivity contribution in [2.24, 2.45) is 11.8 Å². The lowest BCUT2D eigenvalue weighted by Gasteiger charge is -2.26. The van der Waals surface area contributed by atoms with E-state index in [0.29, 0.717) is 0 Å². The molecule has 1 aliphatic rings. The molecule has 0 unspecified atom stereocenters. The van der Waals surface area contributed by atoms with E-state index in [1.54, 1.807) is 0 Å². The molecule has 0 saturated heterocycles. The summed E-state index contributed by atoms with van der Waals surface area (Å²) in [7, 11) is 0. The first-order valence-electron chi connectivity index (χ1n) is 5.60. The summed E-state index contributed by atoms with van der Waals surface area (Å²) in [6.07, 6.45) is 14.9. The van der Waals surface area contributed by atoms with Crippen molar-refractivity contribution in [2.75, 3.05) is 0 Å². The molecular formula is C13H22. The molecule has 0 atom stereocenters. The van der Waals surface area contributed by atoms with Gasteiger partial charge in [-0.25, -0.2) is 0 Å². The number of hydrogen-bond donors (Lipinski definition) is 0. The second-order valence-electron chi connectivity index (χ2n) is 4.17. The van der Waals surface area contributed by atoms with Crippen molar-refractivity contribution in [1.29, 1.82) is 0 Å². The van der Waals surface area contributed by atoms with Crippen LogP contribution in [0.25, 0.3) is 0 Å². The minimum atomic E-state index is 0.880. The van der Waals surface area contributed by atoms with Crippen LogP contribution in [0.5, 0.6) is 0 Å². The lowest BCUT2D eigenvalue weighted by molar-refractivity contribution is 0.297. The van der Waals surface area contributed by atoms with E-state index in [1.807, 2.05) is 0 Å². The Balaban J connectivity index is 2.18. The number of rotatable bonds is 4. The summed E-state index contributed by atoms with van der Waals surface area (Å²) in [5.41, 5.74) is 0. The Kier molecular flexibility index (Phi) is 4.88. The van der Waals surface area contributed by atoms with Gasteiger partial charge in [-0.15, -0.1) is 6.58 Å². The summed E-state index contributed by atoms with van der Waals surface area (Å²) in [5.74, 6) is 1.87. The van der Waals surface area contributed by atoms with Gasteiger partial charge in [-0.3, -0.25) is 0 Å². The van der Waals surface area contributed by atoms with E-state index in [2.05, 4.69) is 31.7 Å². The molecule has 0 aromatic carbocycles. The van der Waals surface area contributed by atoms with Gasteiger partial charge in [0.1, 0.15) is 0 Å². The molecular weight excluding hydrogens is 156 g/mol. The van der Waals surface area contributed by atoms with Crippen LogP contribution in [0, 0.1) is 11.8 Å². The molecule has 1 rings (SSSR count). The van der Waals surface area contributed by atoms with Crippen LogP contribution in [0.1, 0.15) is 45.4 Å². The van der Waals surface area contributed by atoms with E-state index in [1.165, 1.54) is 38.5 Å². The van der Waals surface area contributed by atoms with Gasteiger partial charge in [-0.2, -0.15) is 0 Å². The molecule has 74 valence electrons. The molecule has 0 N–H and O–H groups in total. The van der Waals surface area contributed by atoms with Gasteiger partial charge in [0.05, 0.1) is 0 Å². The zero-order chi connectivity index (χ0) is 9.52. The van der Waals surface area contributed by atoms with Crippen LogP contribution in [0.3, 0.4) is 0 Å². The van der Waals surface area contributed by atoms with Crippen molar-refractivity contribution in [3.05, 3.63) is 24.8 Å². The summed E-state index contributed by atoms with van der Waals surface area (Å²) in [6, 6.07) is 0. The lowest BCUT2D eigenvalue weighted by Crippen LogP contribution is -2.12. The van der Waals surface area contributed by atoms with Crippen molar-refractivity contribution in [3.63, 3.8) is 0 Å². The topological polar surface area (TPSA) is 0 Å². The molecule has 0 heteroatoms. The number of hydrogen-bond acceptors (Lipinski definition) is 0. The minimum Gasteiger partial charge on any atom is -0.103 e. The minimum absolute atomic E-state index is 0.880. The van der Waals surface area contributed by atoms with E-state index in [-0.39, 0.29) is 0 Å². The van der Waals surface area contributed by atoms with Crippen LogP contribution in [0.4, 0.5) is 0 Å². The van der Waals surface area contributed by atoms with Crippen LogP contribution in [-0.4, -0.2) is 0 Å². The molecule has 0 aliphatic heterocycles. The molecule has 0 bridgehead atoms. The van der Waals surface area contributed by atoms with Crippen molar-refractivity contribution in [1.82, 2.24) is 0 Å². The first kappa shape index (κ1) is 10.6. The fraction of sp³-hybridized carbons (Fsp3) is 0.692. The Morgan fingerprint density at radius 3 is 2.46 bits per heavy atom. The predicted molar refractivity (Wildman–Crippen MR) is 59.7 cm³/mol. The van der Waals surface area contributed by atoms with E-state index in [4.69, 9.17) is 0 Å². The zero-order valence-electron chi connectivity index (χ0n) is 8.84. The quantitative estimate of drug-likeness (QED) is 0.562. The molecule has 13 heavy (non-hydrogen) atoms. The Morgan fingerprint density at radius 2 is 1.92 bits per heavy atom. The second-order valence-corrected chi connectivity index (χ2v) is 4.17. The van der Waals surface area contributed by atoms with Crippen LogP contribution < -0.4 is 0 Å². The van der Waals surface area contributed by atoms with Gasteiger partial charge in [-0.05, 0) is 57.3 Å². The lowest BCUT2D eigenvalue weighted by atomic mass is 9.80. The Hall–Kier alpha value is -0.520. The third-order valence-electron chi connectivity index (χ3n) is 3.14. The third-order valence-corrected chi connectivity index (χ3v) is 3.14. The molecule has 0 spiro atoms. The standard InChI is InChI=1S/C13H22/c1-3-5-7-13-10-8-12(6-4-2)9-11-13/h3-4,6,12-13H,1,5,7-11H2,2H3. The highest BCUT2D eigenvalue weighted by Gasteiger charge is 2.18. The molecule has 0 amide bonds. The maximum Gasteiger partial charge on any atom is -0.0233 e. The molecule has 1 aliphatic carbocycles. The Morgan fingerprint density at radius 1 is 1.23 bits per heavy atom. The van der Waals surface area contributed by atoms with Crippen LogP contribution in [0.15, 0.2) is 24.8 Å². The molecule has 0 aromatic rings. The highest BCUT2D eigenvalue weighted by molar-refractivity contribution is 4.89. The van der Waals surface area contributed by atoms with E-state index in [9.17, 15) is 0 Å². The highest BCUT2D eigenvalue weighted by Crippen LogP contribution is 2.32. The molecule has 0 nitrogen and oxygen atoms in total. The Bertz CT molecular complexity index is 159. The second kappa shape index (κ2) is 6.01. The summed E-state index contributed by atoms with van der Waals surface area (Å²) < 4.78 is 0. The van der Waals surface area contributed by atoms with Crippen LogP contribution >= 0.6 is 0 Å². The molecule has 0 aromatic heterocycles. The maximum absolute atomic E-state index is 3.78. The highest BCUT2D eigenvalue weighted by atomic mass is 14.2. The van der Waals surface area contributed by atoms with Gasteiger partial charge in [0.25, 0.3) is 0 Å². The van der Waals surface area contributed by atoms with Gasteiger partial charge in [0, 0.05) is 0 Å². The first-order valence-corrected chi connectivity index (χ1v) is 5.60. The van der Waals surface area contributed by atoms with E-state index < -0.39 is 0 Å². The van der Waals surface area contributed by atoms with Gasteiger partial charge in [0.2, 0.25) is 0 Å². The first-order chi connectivity index (χ1) is 6.36. The van der Waals surface area contributed by atoms with Gasteiger partial charge in [-0.1, -0.05) is 18.2 Å². The summed E-state index contributed by atoms with van der Waals surface area (Å²) in [5, 5.41) is 0. The fourth-order valence-corrected chi connectivity index (χ4v) is 2.30. The van der Waals surface area contributed by atoms with Crippen LogP contribution in [-0.2, 0) is 0 Å². The molecule has 1 fully saturated rings. The largest absolute Gasteiger partial charge is 0.103 e. The third kappa shape index (κ3) is 3.80. The number of allylic oxidation sites excluding steroid dienone is 3. The fourth-order valence-electron chi connectivity index (χ4n) is 2.30. The normalized spacial score (nSPS) is 29.3. The van der Waals surface area contributed by atoms with Crippen molar-refractivity contribution >= 4 is 0 Å². The average Bonchev–Trinajstić information content (AvgIpc) is 2.17. The van der Waals surface area contributed by atoms with Crippen molar-refractivity contribution in [3.8, 4) is 0 Å². The average molecular weight is 178 g/mol. The van der Waals surface area contributed by atoms with Gasteiger partial charge < -0.3 is 0 Å². The zero-order valence-corrected chi connectivity index (χ0v) is 8.84. The van der Waals surface area contributed by atoms with E-state index in [0.717, 1.165) is 11.8 Å². The Labute approximate surface area is 82.7 Å². The maximum atomic E-state index is 3.78.